The van der Waals surface area contributed by atoms with Gasteiger partial charge in [0.2, 0.25) is 0 Å². The largest absolute Gasteiger partial charge is 0.392 e. The highest BCUT2D eigenvalue weighted by atomic mass is 35.5. The molecule has 0 aliphatic carbocycles. The van der Waals surface area contributed by atoms with Gasteiger partial charge >= 0.3 is 0 Å². The van der Waals surface area contributed by atoms with E-state index in [0.717, 1.165) is 0 Å². The topological polar surface area (TPSA) is 74.2 Å². The predicted octanol–water partition coefficient (Wildman–Crippen LogP) is 3.20. The number of carbonyl (C=O) groups excluding carboxylic acids is 1. The highest BCUT2D eigenvalue weighted by Gasteiger charge is 2.10. The molecule has 2 aromatic rings. The number of benzene rings is 1. The van der Waals surface area contributed by atoms with Crippen molar-refractivity contribution in [2.45, 2.75) is 13.0 Å². The smallest absolute Gasteiger partial charge is 0.255 e. The Kier molecular flexibility index (Phi) is 7.11. The molecule has 0 aliphatic rings. The second-order valence-corrected chi connectivity index (χ2v) is 5.03. The van der Waals surface area contributed by atoms with Gasteiger partial charge in [-0.15, -0.1) is 12.4 Å². The highest BCUT2D eigenvalue weighted by Crippen LogP contribution is 2.19. The molecule has 1 heterocycles. The molecule has 3 N–H and O–H groups in total. The summed E-state index contributed by atoms with van der Waals surface area (Å²) in [5, 5.41) is 15.6. The number of aliphatic hydroxyl groups is 1. The van der Waals surface area contributed by atoms with Gasteiger partial charge in [-0.25, -0.2) is 4.98 Å². The molecule has 1 atom stereocenters. The first kappa shape index (κ1) is 18.2. The maximum atomic E-state index is 12.2. The molecule has 0 bridgehead atoms. The van der Waals surface area contributed by atoms with E-state index in [-0.39, 0.29) is 18.3 Å². The van der Waals surface area contributed by atoms with Crippen LogP contribution in [0.15, 0.2) is 42.6 Å². The fourth-order valence-corrected chi connectivity index (χ4v) is 1.81. The predicted molar refractivity (Wildman–Crippen MR) is 91.1 cm³/mol. The Bertz CT molecular complexity index is 618. The summed E-state index contributed by atoms with van der Waals surface area (Å²) in [5.41, 5.74) is 1.06. The lowest BCUT2D eigenvalue weighted by Gasteiger charge is -2.13. The molecular formula is C15H17Cl2N3O2. The van der Waals surface area contributed by atoms with Crippen LogP contribution in [0.25, 0.3) is 0 Å². The van der Waals surface area contributed by atoms with Crippen LogP contribution in [-0.2, 0) is 0 Å². The Morgan fingerprint density at radius 3 is 2.64 bits per heavy atom. The van der Waals surface area contributed by atoms with E-state index < -0.39 is 6.10 Å². The summed E-state index contributed by atoms with van der Waals surface area (Å²) in [6, 6.07) is 10.1. The van der Waals surface area contributed by atoms with Crippen molar-refractivity contribution in [1.82, 2.24) is 4.98 Å². The van der Waals surface area contributed by atoms with Crippen molar-refractivity contribution in [2.75, 3.05) is 17.2 Å². The van der Waals surface area contributed by atoms with Gasteiger partial charge in [0.05, 0.1) is 11.8 Å². The summed E-state index contributed by atoms with van der Waals surface area (Å²) in [6.07, 6.45) is 1.11. The number of aliphatic hydroxyl groups excluding tert-OH is 1. The third-order valence-electron chi connectivity index (χ3n) is 2.73. The second kappa shape index (κ2) is 8.58. The maximum absolute atomic E-state index is 12.2. The standard InChI is InChI=1S/C15H16ClN3O2.ClH/c1-10(20)9-18-14-13(3-2-8-17-14)19-15(21)11-4-6-12(16)7-5-11;/h2-8,10,20H,9H2,1H3,(H,17,18)(H,19,21);1H. The molecule has 0 spiro atoms. The number of carbonyl (C=O) groups is 1. The van der Waals surface area contributed by atoms with Gasteiger partial charge in [-0.3, -0.25) is 4.79 Å². The number of pyridine rings is 1. The average Bonchev–Trinajstić information content (AvgIpc) is 2.47. The second-order valence-electron chi connectivity index (χ2n) is 4.59. The number of hydrogen-bond acceptors (Lipinski definition) is 4. The average molecular weight is 342 g/mol. The summed E-state index contributed by atoms with van der Waals surface area (Å²) in [4.78, 5) is 16.3. The molecule has 0 fully saturated rings. The number of nitrogens with zero attached hydrogens (tertiary/aromatic N) is 1. The zero-order valence-corrected chi connectivity index (χ0v) is 13.5. The molecule has 7 heteroatoms. The van der Waals surface area contributed by atoms with Crippen molar-refractivity contribution in [3.63, 3.8) is 0 Å². The Morgan fingerprint density at radius 1 is 1.32 bits per heavy atom. The van der Waals surface area contributed by atoms with E-state index in [4.69, 9.17) is 11.6 Å². The number of nitrogens with one attached hydrogen (secondary N) is 2. The first-order valence-electron chi connectivity index (χ1n) is 6.50. The van der Waals surface area contributed by atoms with Gasteiger partial charge in [0.25, 0.3) is 5.91 Å². The van der Waals surface area contributed by atoms with Crippen molar-refractivity contribution >= 4 is 41.4 Å². The Hall–Kier alpha value is -1.82. The van der Waals surface area contributed by atoms with Crippen LogP contribution in [0.3, 0.4) is 0 Å². The summed E-state index contributed by atoms with van der Waals surface area (Å²) < 4.78 is 0. The molecule has 0 saturated carbocycles. The fraction of sp³-hybridized carbons (Fsp3) is 0.200. The first-order chi connectivity index (χ1) is 10.1. The third-order valence-corrected chi connectivity index (χ3v) is 2.98. The molecule has 1 aromatic heterocycles. The number of halogens is 2. The van der Waals surface area contributed by atoms with Gasteiger partial charge in [0, 0.05) is 23.3 Å². The molecular weight excluding hydrogens is 325 g/mol. The van der Waals surface area contributed by atoms with E-state index in [0.29, 0.717) is 28.6 Å². The molecule has 5 nitrogen and oxygen atoms in total. The normalized spacial score (nSPS) is 11.2. The molecule has 1 amide bonds. The van der Waals surface area contributed by atoms with Crippen LogP contribution in [0.5, 0.6) is 0 Å². The molecule has 1 unspecified atom stereocenters. The van der Waals surface area contributed by atoms with Crippen molar-refractivity contribution < 1.29 is 9.90 Å². The van der Waals surface area contributed by atoms with Gasteiger partial charge in [0.1, 0.15) is 5.82 Å². The van der Waals surface area contributed by atoms with E-state index in [1.54, 1.807) is 49.5 Å². The monoisotopic (exact) mass is 341 g/mol. The first-order valence-corrected chi connectivity index (χ1v) is 6.88. The van der Waals surface area contributed by atoms with Crippen LogP contribution in [0, 0.1) is 0 Å². The van der Waals surface area contributed by atoms with Gasteiger partial charge in [-0.1, -0.05) is 11.6 Å². The van der Waals surface area contributed by atoms with Gasteiger partial charge in [-0.2, -0.15) is 0 Å². The third kappa shape index (κ3) is 5.18. The Morgan fingerprint density at radius 2 is 2.00 bits per heavy atom. The molecule has 0 aliphatic heterocycles. The van der Waals surface area contributed by atoms with Gasteiger partial charge in [-0.05, 0) is 43.3 Å². The number of aromatic nitrogens is 1. The zero-order valence-electron chi connectivity index (χ0n) is 11.9. The van der Waals surface area contributed by atoms with E-state index in [1.807, 2.05) is 0 Å². The minimum atomic E-state index is -0.508. The molecule has 22 heavy (non-hydrogen) atoms. The number of rotatable bonds is 5. The summed E-state index contributed by atoms with van der Waals surface area (Å²) in [5.74, 6) is 0.264. The quantitative estimate of drug-likeness (QED) is 0.780. The Balaban J connectivity index is 0.00000242. The molecule has 2 rings (SSSR count). The van der Waals surface area contributed by atoms with E-state index >= 15 is 0 Å². The summed E-state index contributed by atoms with van der Waals surface area (Å²) in [7, 11) is 0. The van der Waals surface area contributed by atoms with Crippen LogP contribution < -0.4 is 10.6 Å². The van der Waals surface area contributed by atoms with Crippen molar-refractivity contribution in [3.05, 3.63) is 53.2 Å². The molecule has 1 aromatic carbocycles. The van der Waals surface area contributed by atoms with Crippen molar-refractivity contribution in [1.29, 1.82) is 0 Å². The maximum Gasteiger partial charge on any atom is 0.255 e. The lowest BCUT2D eigenvalue weighted by molar-refractivity contribution is 0.102. The van der Waals surface area contributed by atoms with E-state index in [9.17, 15) is 9.90 Å². The zero-order chi connectivity index (χ0) is 15.2. The fourth-order valence-electron chi connectivity index (χ4n) is 1.69. The lowest BCUT2D eigenvalue weighted by Crippen LogP contribution is -2.19. The SMILES string of the molecule is CC(O)CNc1ncccc1NC(=O)c1ccc(Cl)cc1.Cl. The summed E-state index contributed by atoms with van der Waals surface area (Å²) >= 11 is 5.80. The number of anilines is 2. The number of amides is 1. The number of hydrogen-bond donors (Lipinski definition) is 3. The lowest BCUT2D eigenvalue weighted by atomic mass is 10.2. The minimum Gasteiger partial charge on any atom is -0.392 e. The van der Waals surface area contributed by atoms with Crippen LogP contribution in [0.2, 0.25) is 5.02 Å². The molecule has 0 saturated heterocycles. The van der Waals surface area contributed by atoms with Gasteiger partial charge < -0.3 is 15.7 Å². The van der Waals surface area contributed by atoms with Crippen LogP contribution in [0.4, 0.5) is 11.5 Å². The van der Waals surface area contributed by atoms with Crippen LogP contribution >= 0.6 is 24.0 Å². The van der Waals surface area contributed by atoms with E-state index in [2.05, 4.69) is 15.6 Å². The van der Waals surface area contributed by atoms with Crippen LogP contribution in [-0.4, -0.2) is 28.6 Å². The van der Waals surface area contributed by atoms with E-state index in [1.165, 1.54) is 0 Å². The van der Waals surface area contributed by atoms with Gasteiger partial charge in [0.15, 0.2) is 0 Å². The van der Waals surface area contributed by atoms with Crippen molar-refractivity contribution in [2.24, 2.45) is 0 Å². The summed E-state index contributed by atoms with van der Waals surface area (Å²) in [6.45, 7) is 2.02. The Labute approximate surface area is 140 Å². The van der Waals surface area contributed by atoms with Crippen molar-refractivity contribution in [3.8, 4) is 0 Å². The minimum absolute atomic E-state index is 0. The van der Waals surface area contributed by atoms with Crippen LogP contribution in [0.1, 0.15) is 17.3 Å². The highest BCUT2D eigenvalue weighted by molar-refractivity contribution is 6.30. The molecule has 0 radical (unpaired) electrons. The molecule has 118 valence electrons.